The fourth-order valence-corrected chi connectivity index (χ4v) is 9.10. The number of aromatic nitrogens is 3. The first-order valence-corrected chi connectivity index (χ1v) is 18.8. The van der Waals surface area contributed by atoms with Crippen LogP contribution in [0.25, 0.3) is 82.3 Å². The van der Waals surface area contributed by atoms with E-state index in [1.54, 1.807) is 0 Å². The number of para-hydroxylation sites is 2. The highest BCUT2D eigenvalue weighted by Gasteiger charge is 2.35. The van der Waals surface area contributed by atoms with Gasteiger partial charge in [-0.15, -0.1) is 0 Å². The number of benzene rings is 8. The number of fused-ring (bicyclic) bond motifs is 11. The standard InChI is InChI=1S/C50H35N5/c1-50(2)39-20-10-7-17-35(39)38-29-32(23-26-40(38)50)47-36-18-8-11-21-41(36)52-49(53-47)54-48(51)37-19-9-12-22-42(37)55-43-27-24-30-13-3-5-15-33(30)45(43)46-34-16-6-4-14-31(34)25-28-44(46)55/h3-29H,1-2H3,(H2,51,52,53,54). The molecule has 0 spiro atoms. The van der Waals surface area contributed by atoms with E-state index in [9.17, 15) is 5.41 Å². The number of H-pyrrole nitrogens is 1. The van der Waals surface area contributed by atoms with Crippen LogP contribution in [0.5, 0.6) is 0 Å². The smallest absolute Gasteiger partial charge is 0.229 e. The summed E-state index contributed by atoms with van der Waals surface area (Å²) in [6.45, 7) is 4.60. The van der Waals surface area contributed by atoms with Gasteiger partial charge in [-0.25, -0.2) is 4.98 Å². The molecule has 10 aromatic rings. The van der Waals surface area contributed by atoms with Crippen molar-refractivity contribution < 1.29 is 0 Å². The molecule has 11 rings (SSSR count). The molecule has 0 atom stereocenters. The van der Waals surface area contributed by atoms with E-state index in [2.05, 4.69) is 157 Å². The van der Waals surface area contributed by atoms with E-state index < -0.39 is 0 Å². The Balaban J connectivity index is 1.11. The van der Waals surface area contributed by atoms with E-state index in [0.717, 1.165) is 38.9 Å². The molecule has 2 heterocycles. The fourth-order valence-electron chi connectivity index (χ4n) is 9.10. The first-order chi connectivity index (χ1) is 27.0. The Morgan fingerprint density at radius 2 is 1.20 bits per heavy atom. The molecular formula is C50H35N5. The minimum Gasteiger partial charge on any atom is -0.323 e. The maximum atomic E-state index is 9.56. The highest BCUT2D eigenvalue weighted by Crippen LogP contribution is 2.49. The lowest BCUT2D eigenvalue weighted by molar-refractivity contribution is 0.660. The van der Waals surface area contributed by atoms with Crippen molar-refractivity contribution in [3.05, 3.63) is 186 Å². The number of rotatable bonds is 3. The maximum Gasteiger partial charge on any atom is 0.229 e. The predicted octanol–water partition coefficient (Wildman–Crippen LogP) is 11.9. The molecule has 260 valence electrons. The Morgan fingerprint density at radius 3 is 1.95 bits per heavy atom. The van der Waals surface area contributed by atoms with Gasteiger partial charge in [0.05, 0.1) is 27.9 Å². The lowest BCUT2D eigenvalue weighted by Crippen LogP contribution is -2.18. The van der Waals surface area contributed by atoms with Gasteiger partial charge in [0.15, 0.2) is 5.84 Å². The molecule has 0 bridgehead atoms. The third-order valence-electron chi connectivity index (χ3n) is 11.7. The number of hydrogen-bond donors (Lipinski definition) is 2. The summed E-state index contributed by atoms with van der Waals surface area (Å²) in [5.74, 6) is 0.127. The second-order valence-electron chi connectivity index (χ2n) is 15.1. The Kier molecular flexibility index (Phi) is 6.68. The van der Waals surface area contributed by atoms with E-state index in [1.165, 1.54) is 54.6 Å². The molecule has 0 fully saturated rings. The van der Waals surface area contributed by atoms with Crippen LogP contribution in [0, 0.1) is 5.41 Å². The quantitative estimate of drug-likeness (QED) is 0.139. The zero-order chi connectivity index (χ0) is 36.8. The van der Waals surface area contributed by atoms with Crippen LogP contribution in [0.15, 0.2) is 169 Å². The van der Waals surface area contributed by atoms with Gasteiger partial charge in [-0.3, -0.25) is 5.41 Å². The van der Waals surface area contributed by atoms with Crippen LogP contribution in [0.1, 0.15) is 30.5 Å². The average Bonchev–Trinajstić information content (AvgIpc) is 3.69. The van der Waals surface area contributed by atoms with Crippen molar-refractivity contribution in [3.63, 3.8) is 0 Å². The van der Waals surface area contributed by atoms with Gasteiger partial charge >= 0.3 is 0 Å². The van der Waals surface area contributed by atoms with Gasteiger partial charge in [0.2, 0.25) is 5.62 Å². The Bertz CT molecular complexity index is 3230. The van der Waals surface area contributed by atoms with Gasteiger partial charge < -0.3 is 9.55 Å². The van der Waals surface area contributed by atoms with E-state index in [1.807, 2.05) is 30.3 Å². The van der Waals surface area contributed by atoms with Gasteiger partial charge in [0.25, 0.3) is 0 Å². The van der Waals surface area contributed by atoms with Crippen LogP contribution < -0.4 is 5.62 Å². The molecule has 0 saturated carbocycles. The highest BCUT2D eigenvalue weighted by atomic mass is 15.0. The molecule has 0 radical (unpaired) electrons. The lowest BCUT2D eigenvalue weighted by atomic mass is 9.82. The molecule has 0 unspecified atom stereocenters. The van der Waals surface area contributed by atoms with Crippen LogP contribution in [-0.2, 0) is 5.41 Å². The van der Waals surface area contributed by atoms with Crippen molar-refractivity contribution in [2.75, 3.05) is 0 Å². The summed E-state index contributed by atoms with van der Waals surface area (Å²) in [4.78, 5) is 13.5. The molecule has 2 N–H and O–H groups in total. The highest BCUT2D eigenvalue weighted by molar-refractivity contribution is 6.28. The van der Waals surface area contributed by atoms with Gasteiger partial charge in [-0.1, -0.05) is 141 Å². The van der Waals surface area contributed by atoms with Crippen LogP contribution in [0.4, 0.5) is 0 Å². The predicted molar refractivity (Wildman–Crippen MR) is 227 cm³/mol. The topological polar surface area (TPSA) is 69.8 Å². The van der Waals surface area contributed by atoms with Crippen molar-refractivity contribution >= 4 is 60.1 Å². The van der Waals surface area contributed by atoms with Gasteiger partial charge in [0.1, 0.15) is 0 Å². The first-order valence-electron chi connectivity index (χ1n) is 18.8. The summed E-state index contributed by atoms with van der Waals surface area (Å²) in [5.41, 5.74) is 12.0. The third-order valence-corrected chi connectivity index (χ3v) is 11.7. The summed E-state index contributed by atoms with van der Waals surface area (Å²) < 4.78 is 2.30. The maximum absolute atomic E-state index is 9.56. The minimum absolute atomic E-state index is 0.0794. The van der Waals surface area contributed by atoms with Gasteiger partial charge in [-0.2, -0.15) is 4.99 Å². The monoisotopic (exact) mass is 705 g/mol. The largest absolute Gasteiger partial charge is 0.323 e. The second-order valence-corrected chi connectivity index (χ2v) is 15.1. The summed E-state index contributed by atoms with van der Waals surface area (Å²) >= 11 is 0. The summed E-state index contributed by atoms with van der Waals surface area (Å²) in [6.07, 6.45) is 0. The normalized spacial score (nSPS) is 13.6. The Morgan fingerprint density at radius 1 is 0.600 bits per heavy atom. The number of aromatic amines is 1. The van der Waals surface area contributed by atoms with Crippen molar-refractivity contribution in [2.24, 2.45) is 4.99 Å². The molecule has 1 aliphatic carbocycles. The molecule has 8 aromatic carbocycles. The molecule has 2 aromatic heterocycles. The molecule has 0 amide bonds. The Labute approximate surface area is 317 Å². The van der Waals surface area contributed by atoms with E-state index in [4.69, 9.17) is 9.98 Å². The van der Waals surface area contributed by atoms with Crippen LogP contribution >= 0.6 is 0 Å². The second kappa shape index (κ2) is 11.7. The number of hydrogen-bond acceptors (Lipinski definition) is 2. The third kappa shape index (κ3) is 4.63. The molecule has 5 heteroatoms. The lowest BCUT2D eigenvalue weighted by Gasteiger charge is -2.21. The number of nitrogens with one attached hydrogen (secondary N) is 2. The average molecular weight is 706 g/mol. The zero-order valence-corrected chi connectivity index (χ0v) is 30.4. The van der Waals surface area contributed by atoms with Crippen molar-refractivity contribution in [3.8, 4) is 28.1 Å². The minimum atomic E-state index is -0.0794. The van der Waals surface area contributed by atoms with Crippen LogP contribution in [0.3, 0.4) is 0 Å². The van der Waals surface area contributed by atoms with E-state index in [0.29, 0.717) is 11.2 Å². The SMILES string of the molecule is CC1(C)c2ccccc2-c2cc(-c3n/c(=N/C(=N)c4ccccc4-n4c5ccc6ccccc6c5c5c6ccccc6ccc54)[nH]c4ccccc34)ccc21. The summed E-state index contributed by atoms with van der Waals surface area (Å²) in [7, 11) is 0. The van der Waals surface area contributed by atoms with Crippen molar-refractivity contribution in [2.45, 2.75) is 19.3 Å². The zero-order valence-electron chi connectivity index (χ0n) is 30.4. The van der Waals surface area contributed by atoms with Crippen molar-refractivity contribution in [1.82, 2.24) is 14.5 Å². The molecule has 0 aliphatic heterocycles. The molecular weight excluding hydrogens is 671 g/mol. The number of amidine groups is 1. The Hall–Kier alpha value is -7.11. The van der Waals surface area contributed by atoms with Crippen LogP contribution in [0.2, 0.25) is 0 Å². The van der Waals surface area contributed by atoms with Gasteiger partial charge in [0, 0.05) is 32.7 Å². The van der Waals surface area contributed by atoms with E-state index in [-0.39, 0.29) is 11.3 Å². The first kappa shape index (κ1) is 31.4. The number of nitrogens with zero attached hydrogens (tertiary/aromatic N) is 3. The molecule has 5 nitrogen and oxygen atoms in total. The molecule has 0 saturated heterocycles. The fraction of sp³-hybridized carbons (Fsp3) is 0.0600. The molecule has 55 heavy (non-hydrogen) atoms. The summed E-state index contributed by atoms with van der Waals surface area (Å²) in [5, 5.41) is 17.8. The molecule has 1 aliphatic rings. The van der Waals surface area contributed by atoms with Crippen LogP contribution in [-0.4, -0.2) is 20.4 Å². The van der Waals surface area contributed by atoms with E-state index >= 15 is 0 Å². The van der Waals surface area contributed by atoms with Crippen molar-refractivity contribution in [1.29, 1.82) is 5.41 Å². The van der Waals surface area contributed by atoms with Gasteiger partial charge in [-0.05, 0) is 80.2 Å². The summed E-state index contributed by atoms with van der Waals surface area (Å²) in [6, 6.07) is 57.7.